The zero-order valence-electron chi connectivity index (χ0n) is 21.7. The standard InChI is InChI=1S/C30H31BrClNO5/c1-16-27(30(35)38-20-6-4-5-7-20)28(21-14-25(36-2)26(37-3)15-22(21)31)29-23(33-16)12-18(13-24(29)34)17-8-10-19(32)11-9-17/h8-11,14-15,18,20,28,33H,4-7,12-13H2,1-3H3/t18-,28-/m1/s1. The number of allylic oxidation sites excluding steroid dienone is 3. The molecule has 200 valence electrons. The minimum atomic E-state index is -0.604. The van der Waals surface area contributed by atoms with Crippen LogP contribution in [-0.4, -0.2) is 32.1 Å². The Morgan fingerprint density at radius 2 is 1.68 bits per heavy atom. The number of carbonyl (C=O) groups is 2. The molecule has 38 heavy (non-hydrogen) atoms. The summed E-state index contributed by atoms with van der Waals surface area (Å²) >= 11 is 9.79. The summed E-state index contributed by atoms with van der Waals surface area (Å²) in [5.74, 6) is 0.111. The minimum Gasteiger partial charge on any atom is -0.493 e. The van der Waals surface area contributed by atoms with Crippen molar-refractivity contribution in [2.24, 2.45) is 0 Å². The Morgan fingerprint density at radius 1 is 1.03 bits per heavy atom. The van der Waals surface area contributed by atoms with Crippen molar-refractivity contribution in [1.29, 1.82) is 0 Å². The van der Waals surface area contributed by atoms with Crippen LogP contribution in [-0.2, 0) is 14.3 Å². The van der Waals surface area contributed by atoms with E-state index in [1.807, 2.05) is 43.3 Å². The molecule has 0 bridgehead atoms. The number of hydrogen-bond donors (Lipinski definition) is 1. The van der Waals surface area contributed by atoms with Crippen LogP contribution in [0.25, 0.3) is 0 Å². The summed E-state index contributed by atoms with van der Waals surface area (Å²) in [6.45, 7) is 1.88. The van der Waals surface area contributed by atoms with Crippen LogP contribution in [0.3, 0.4) is 0 Å². The molecule has 0 saturated heterocycles. The smallest absolute Gasteiger partial charge is 0.337 e. The van der Waals surface area contributed by atoms with Crippen molar-refractivity contribution in [2.45, 2.75) is 63.4 Å². The lowest BCUT2D eigenvalue weighted by molar-refractivity contribution is -0.144. The van der Waals surface area contributed by atoms with Crippen LogP contribution in [0.4, 0.5) is 0 Å². The first-order valence-electron chi connectivity index (χ1n) is 12.9. The fraction of sp³-hybridized carbons (Fsp3) is 0.400. The number of methoxy groups -OCH3 is 2. The zero-order chi connectivity index (χ0) is 27.0. The topological polar surface area (TPSA) is 73.9 Å². The fourth-order valence-electron chi connectivity index (χ4n) is 5.90. The van der Waals surface area contributed by atoms with Crippen molar-refractivity contribution >= 4 is 39.3 Å². The van der Waals surface area contributed by atoms with Crippen molar-refractivity contribution in [3.05, 3.63) is 79.6 Å². The molecule has 8 heteroatoms. The predicted octanol–water partition coefficient (Wildman–Crippen LogP) is 6.97. The molecule has 1 heterocycles. The summed E-state index contributed by atoms with van der Waals surface area (Å²) < 4.78 is 17.8. The van der Waals surface area contributed by atoms with Gasteiger partial charge in [-0.15, -0.1) is 0 Å². The maximum atomic E-state index is 13.9. The van der Waals surface area contributed by atoms with E-state index >= 15 is 0 Å². The van der Waals surface area contributed by atoms with E-state index in [9.17, 15) is 9.59 Å². The highest BCUT2D eigenvalue weighted by molar-refractivity contribution is 9.10. The van der Waals surface area contributed by atoms with Crippen molar-refractivity contribution in [2.75, 3.05) is 14.2 Å². The number of Topliss-reactive ketones (excluding diaryl/α,β-unsaturated/α-hetero) is 1. The first kappa shape index (κ1) is 26.8. The number of hydrogen-bond acceptors (Lipinski definition) is 6. The van der Waals surface area contributed by atoms with E-state index in [0.717, 1.165) is 47.0 Å². The van der Waals surface area contributed by atoms with Gasteiger partial charge in [0.15, 0.2) is 17.3 Å². The van der Waals surface area contributed by atoms with Crippen molar-refractivity contribution < 1.29 is 23.8 Å². The Morgan fingerprint density at radius 3 is 2.34 bits per heavy atom. The van der Waals surface area contributed by atoms with Gasteiger partial charge in [-0.05, 0) is 80.3 Å². The van der Waals surface area contributed by atoms with Crippen LogP contribution in [0, 0.1) is 0 Å². The van der Waals surface area contributed by atoms with E-state index < -0.39 is 5.92 Å². The molecule has 1 N–H and O–H groups in total. The van der Waals surface area contributed by atoms with Crippen LogP contribution in [0.1, 0.15) is 68.4 Å². The molecule has 5 rings (SSSR count). The average Bonchev–Trinajstić information content (AvgIpc) is 3.41. The normalized spacial score (nSPS) is 21.8. The van der Waals surface area contributed by atoms with Gasteiger partial charge < -0.3 is 19.5 Å². The van der Waals surface area contributed by atoms with Gasteiger partial charge in [0, 0.05) is 38.8 Å². The number of ketones is 1. The monoisotopic (exact) mass is 599 g/mol. The highest BCUT2D eigenvalue weighted by Gasteiger charge is 2.43. The van der Waals surface area contributed by atoms with E-state index in [1.165, 1.54) is 0 Å². The van der Waals surface area contributed by atoms with Gasteiger partial charge in [0.25, 0.3) is 0 Å². The summed E-state index contributed by atoms with van der Waals surface area (Å²) in [7, 11) is 3.15. The Kier molecular flexibility index (Phi) is 7.87. The van der Waals surface area contributed by atoms with E-state index in [4.69, 9.17) is 25.8 Å². The first-order valence-corrected chi connectivity index (χ1v) is 14.1. The third-order valence-corrected chi connectivity index (χ3v) is 8.72. The van der Waals surface area contributed by atoms with E-state index in [-0.39, 0.29) is 23.8 Å². The number of benzene rings is 2. The maximum absolute atomic E-state index is 13.9. The highest BCUT2D eigenvalue weighted by Crippen LogP contribution is 2.49. The molecule has 0 spiro atoms. The molecule has 2 aromatic rings. The SMILES string of the molecule is COc1cc(Br)c([C@@H]2C(C(=O)OC3CCCC3)=C(C)NC3=C2C(=O)C[C@H](c2ccc(Cl)cc2)C3)cc1OC. The first-order chi connectivity index (χ1) is 18.3. The van der Waals surface area contributed by atoms with Gasteiger partial charge in [-0.3, -0.25) is 4.79 Å². The zero-order valence-corrected chi connectivity index (χ0v) is 24.1. The fourth-order valence-corrected chi connectivity index (χ4v) is 6.58. The number of dihydropyridines is 1. The summed E-state index contributed by atoms with van der Waals surface area (Å²) in [5, 5.41) is 4.09. The van der Waals surface area contributed by atoms with Crippen LogP contribution in [0.5, 0.6) is 11.5 Å². The summed E-state index contributed by atoms with van der Waals surface area (Å²) in [5.41, 5.74) is 4.42. The summed E-state index contributed by atoms with van der Waals surface area (Å²) in [6, 6.07) is 11.3. The molecule has 1 fully saturated rings. The molecule has 1 saturated carbocycles. The van der Waals surface area contributed by atoms with Gasteiger partial charge in [-0.2, -0.15) is 0 Å². The molecule has 2 aliphatic carbocycles. The average molecular weight is 601 g/mol. The van der Waals surface area contributed by atoms with Gasteiger partial charge in [0.2, 0.25) is 0 Å². The van der Waals surface area contributed by atoms with Gasteiger partial charge in [-0.25, -0.2) is 4.79 Å². The molecule has 0 unspecified atom stereocenters. The largest absolute Gasteiger partial charge is 0.493 e. The molecular formula is C30H31BrClNO5. The quantitative estimate of drug-likeness (QED) is 0.361. The lowest BCUT2D eigenvalue weighted by Gasteiger charge is -2.37. The number of rotatable bonds is 6. The van der Waals surface area contributed by atoms with Crippen LogP contribution < -0.4 is 14.8 Å². The Balaban J connectivity index is 1.60. The third kappa shape index (κ3) is 5.10. The second-order valence-electron chi connectivity index (χ2n) is 10.1. The van der Waals surface area contributed by atoms with Crippen LogP contribution in [0.15, 0.2) is 63.4 Å². The Hall–Kier alpha value is -2.77. The number of nitrogens with one attached hydrogen (secondary N) is 1. The molecule has 0 radical (unpaired) electrons. The molecule has 0 aromatic heterocycles. The number of carbonyl (C=O) groups excluding carboxylic acids is 2. The summed E-state index contributed by atoms with van der Waals surface area (Å²) in [4.78, 5) is 27.6. The van der Waals surface area contributed by atoms with Crippen LogP contribution in [0.2, 0.25) is 5.02 Å². The number of esters is 1. The van der Waals surface area contributed by atoms with Gasteiger partial charge in [0.1, 0.15) is 6.10 Å². The molecule has 2 atom stereocenters. The molecule has 6 nitrogen and oxygen atoms in total. The number of ether oxygens (including phenoxy) is 3. The lowest BCUT2D eigenvalue weighted by Crippen LogP contribution is -2.36. The molecule has 0 amide bonds. The second kappa shape index (κ2) is 11.1. The third-order valence-electron chi connectivity index (χ3n) is 7.78. The minimum absolute atomic E-state index is 0.00375. The van der Waals surface area contributed by atoms with E-state index in [2.05, 4.69) is 21.2 Å². The van der Waals surface area contributed by atoms with Crippen molar-refractivity contribution in [3.8, 4) is 11.5 Å². The van der Waals surface area contributed by atoms with E-state index in [0.29, 0.717) is 46.2 Å². The maximum Gasteiger partial charge on any atom is 0.337 e. The molecule has 2 aromatic carbocycles. The Bertz CT molecular complexity index is 1330. The molecular weight excluding hydrogens is 570 g/mol. The van der Waals surface area contributed by atoms with Crippen LogP contribution >= 0.6 is 27.5 Å². The Labute approximate surface area is 236 Å². The summed E-state index contributed by atoms with van der Waals surface area (Å²) in [6.07, 6.45) is 4.74. The molecule has 3 aliphatic rings. The van der Waals surface area contributed by atoms with Crippen molar-refractivity contribution in [3.63, 3.8) is 0 Å². The van der Waals surface area contributed by atoms with Crippen molar-refractivity contribution in [1.82, 2.24) is 5.32 Å². The van der Waals surface area contributed by atoms with E-state index in [1.54, 1.807) is 14.2 Å². The predicted molar refractivity (Wildman–Crippen MR) is 150 cm³/mol. The van der Waals surface area contributed by atoms with Gasteiger partial charge in [-0.1, -0.05) is 39.7 Å². The second-order valence-corrected chi connectivity index (χ2v) is 11.4. The molecule has 1 aliphatic heterocycles. The highest BCUT2D eigenvalue weighted by atomic mass is 79.9. The van der Waals surface area contributed by atoms with Gasteiger partial charge >= 0.3 is 5.97 Å². The number of halogens is 2. The lowest BCUT2D eigenvalue weighted by atomic mass is 9.71. The van der Waals surface area contributed by atoms with Gasteiger partial charge in [0.05, 0.1) is 19.8 Å².